The first-order valence-corrected chi connectivity index (χ1v) is 9.01. The number of nitrogens with zero attached hydrogens (tertiary/aromatic N) is 1. The Kier molecular flexibility index (Phi) is 3.84. The lowest BCUT2D eigenvalue weighted by Crippen LogP contribution is -1.98. The minimum atomic E-state index is 0.307. The lowest BCUT2D eigenvalue weighted by atomic mass is 9.99. The van der Waals surface area contributed by atoms with Crippen molar-refractivity contribution in [2.45, 2.75) is 25.8 Å². The fourth-order valence-corrected chi connectivity index (χ4v) is 3.92. The van der Waals surface area contributed by atoms with Crippen molar-refractivity contribution in [1.82, 2.24) is 0 Å². The van der Waals surface area contributed by atoms with Crippen LogP contribution in [-0.4, -0.2) is 5.71 Å². The van der Waals surface area contributed by atoms with Gasteiger partial charge in [0, 0.05) is 5.71 Å². The summed E-state index contributed by atoms with van der Waals surface area (Å²) in [5, 5.41) is 4.32. The Hall–Kier alpha value is -2.19. The monoisotopic (exact) mass is 317 g/mol. The highest BCUT2D eigenvalue weighted by Gasteiger charge is 2.20. The Labute approximate surface area is 141 Å². The predicted molar refractivity (Wildman–Crippen MR) is 99.4 cm³/mol. The zero-order valence-electron chi connectivity index (χ0n) is 13.2. The summed E-state index contributed by atoms with van der Waals surface area (Å²) in [6, 6.07) is 20.0. The maximum Gasteiger partial charge on any atom is 0.0756 e. The van der Waals surface area contributed by atoms with Crippen LogP contribution in [0.25, 0.3) is 11.1 Å². The summed E-state index contributed by atoms with van der Waals surface area (Å²) in [7, 11) is 0. The van der Waals surface area contributed by atoms with Gasteiger partial charge in [0.25, 0.3) is 0 Å². The molecular formula is C21H19NS. The highest BCUT2D eigenvalue weighted by molar-refractivity contribution is 7.08. The molecule has 114 valence electrons. The van der Waals surface area contributed by atoms with E-state index in [0.717, 1.165) is 12.8 Å². The van der Waals surface area contributed by atoms with Crippen molar-refractivity contribution >= 4 is 17.0 Å². The summed E-state index contributed by atoms with van der Waals surface area (Å²) in [4.78, 5) is 5.00. The maximum atomic E-state index is 5.00. The van der Waals surface area contributed by atoms with Gasteiger partial charge in [-0.2, -0.15) is 11.3 Å². The van der Waals surface area contributed by atoms with Gasteiger partial charge < -0.3 is 0 Å². The molecule has 0 saturated carbocycles. The van der Waals surface area contributed by atoms with E-state index in [-0.39, 0.29) is 0 Å². The first-order valence-electron chi connectivity index (χ1n) is 8.06. The van der Waals surface area contributed by atoms with E-state index in [0.29, 0.717) is 6.04 Å². The summed E-state index contributed by atoms with van der Waals surface area (Å²) in [5.74, 6) is 0. The van der Waals surface area contributed by atoms with Crippen LogP contribution >= 0.6 is 11.3 Å². The molecule has 0 bridgehead atoms. The molecule has 23 heavy (non-hydrogen) atoms. The van der Waals surface area contributed by atoms with Gasteiger partial charge in [-0.15, -0.1) is 0 Å². The van der Waals surface area contributed by atoms with Crippen molar-refractivity contribution in [2.24, 2.45) is 4.99 Å². The molecule has 1 aliphatic rings. The molecule has 2 heterocycles. The minimum Gasteiger partial charge on any atom is -0.281 e. The standard InChI is InChI=1S/C21H19NS/c1-15-4-2-3-5-19(15)21-11-10-20(22-21)17-8-6-16(7-9-17)18-12-13-23-14-18/h2-9,12-14,20H,10-11H2,1H3. The van der Waals surface area contributed by atoms with Crippen LogP contribution in [0.15, 0.2) is 70.3 Å². The molecule has 4 rings (SSSR count). The second-order valence-corrected chi connectivity index (χ2v) is 6.86. The van der Waals surface area contributed by atoms with E-state index in [4.69, 9.17) is 4.99 Å². The first-order chi connectivity index (χ1) is 11.3. The molecule has 0 spiro atoms. The van der Waals surface area contributed by atoms with Gasteiger partial charge >= 0.3 is 0 Å². The van der Waals surface area contributed by atoms with Gasteiger partial charge in [-0.25, -0.2) is 0 Å². The summed E-state index contributed by atoms with van der Waals surface area (Å²) in [6.45, 7) is 2.17. The average Bonchev–Trinajstić information content (AvgIpc) is 3.27. The molecule has 0 amide bonds. The molecule has 0 saturated heterocycles. The SMILES string of the molecule is Cc1ccccc1C1=NC(c2ccc(-c3ccsc3)cc2)CC1. The summed E-state index contributed by atoms with van der Waals surface area (Å²) in [6.07, 6.45) is 2.18. The number of benzene rings is 2. The van der Waals surface area contributed by atoms with Gasteiger partial charge in [0.2, 0.25) is 0 Å². The topological polar surface area (TPSA) is 12.4 Å². The van der Waals surface area contributed by atoms with Gasteiger partial charge in [-0.1, -0.05) is 48.5 Å². The van der Waals surface area contributed by atoms with Crippen molar-refractivity contribution in [2.75, 3.05) is 0 Å². The van der Waals surface area contributed by atoms with Gasteiger partial charge in [0.15, 0.2) is 0 Å². The first kappa shape index (κ1) is 14.4. The number of thiophene rings is 1. The number of aliphatic imine (C=N–C) groups is 1. The van der Waals surface area contributed by atoms with Crippen LogP contribution in [0.2, 0.25) is 0 Å². The fraction of sp³-hybridized carbons (Fsp3) is 0.190. The smallest absolute Gasteiger partial charge is 0.0756 e. The molecule has 0 fully saturated rings. The van der Waals surface area contributed by atoms with Gasteiger partial charge in [0.1, 0.15) is 0 Å². The van der Waals surface area contributed by atoms with E-state index < -0.39 is 0 Å². The van der Waals surface area contributed by atoms with E-state index in [1.54, 1.807) is 11.3 Å². The molecule has 1 nitrogen and oxygen atoms in total. The van der Waals surface area contributed by atoms with Crippen molar-refractivity contribution in [1.29, 1.82) is 0 Å². The lowest BCUT2D eigenvalue weighted by Gasteiger charge is -2.08. The quantitative estimate of drug-likeness (QED) is 0.558. The summed E-state index contributed by atoms with van der Waals surface area (Å²) >= 11 is 1.74. The molecule has 0 radical (unpaired) electrons. The van der Waals surface area contributed by atoms with Crippen LogP contribution in [0.3, 0.4) is 0 Å². The molecule has 0 N–H and O–H groups in total. The highest BCUT2D eigenvalue weighted by atomic mass is 32.1. The van der Waals surface area contributed by atoms with Crippen molar-refractivity contribution in [3.8, 4) is 11.1 Å². The van der Waals surface area contributed by atoms with Crippen LogP contribution in [0.1, 0.15) is 35.6 Å². The van der Waals surface area contributed by atoms with Gasteiger partial charge in [0.05, 0.1) is 6.04 Å². The van der Waals surface area contributed by atoms with E-state index in [9.17, 15) is 0 Å². The number of rotatable bonds is 3. The van der Waals surface area contributed by atoms with E-state index in [1.807, 2.05) is 0 Å². The van der Waals surface area contributed by atoms with Gasteiger partial charge in [-0.3, -0.25) is 4.99 Å². The Morgan fingerprint density at radius 3 is 2.52 bits per heavy atom. The number of hydrogen-bond acceptors (Lipinski definition) is 2. The zero-order valence-corrected chi connectivity index (χ0v) is 14.0. The molecule has 1 atom stereocenters. The van der Waals surface area contributed by atoms with Crippen LogP contribution in [-0.2, 0) is 0 Å². The average molecular weight is 317 g/mol. The Morgan fingerprint density at radius 2 is 1.78 bits per heavy atom. The third kappa shape index (κ3) is 2.87. The van der Waals surface area contributed by atoms with Crippen molar-refractivity contribution in [3.05, 3.63) is 82.0 Å². The number of hydrogen-bond donors (Lipinski definition) is 0. The Morgan fingerprint density at radius 1 is 0.957 bits per heavy atom. The van der Waals surface area contributed by atoms with E-state index in [2.05, 4.69) is 72.3 Å². The molecule has 1 unspecified atom stereocenters. The molecular weight excluding hydrogens is 298 g/mol. The molecule has 0 aliphatic carbocycles. The molecule has 1 aromatic heterocycles. The zero-order chi connectivity index (χ0) is 15.6. The minimum absolute atomic E-state index is 0.307. The molecule has 1 aliphatic heterocycles. The third-order valence-electron chi connectivity index (χ3n) is 4.57. The van der Waals surface area contributed by atoms with E-state index in [1.165, 1.54) is 33.5 Å². The Bertz CT molecular complexity index is 829. The second-order valence-electron chi connectivity index (χ2n) is 6.08. The van der Waals surface area contributed by atoms with Crippen LogP contribution in [0, 0.1) is 6.92 Å². The van der Waals surface area contributed by atoms with Crippen LogP contribution in [0.5, 0.6) is 0 Å². The highest BCUT2D eigenvalue weighted by Crippen LogP contribution is 2.33. The lowest BCUT2D eigenvalue weighted by molar-refractivity contribution is 0.723. The van der Waals surface area contributed by atoms with E-state index >= 15 is 0 Å². The summed E-state index contributed by atoms with van der Waals surface area (Å²) < 4.78 is 0. The number of aryl methyl sites for hydroxylation is 1. The molecule has 2 heteroatoms. The fourth-order valence-electron chi connectivity index (χ4n) is 3.26. The van der Waals surface area contributed by atoms with Crippen LogP contribution < -0.4 is 0 Å². The van der Waals surface area contributed by atoms with Crippen molar-refractivity contribution < 1.29 is 0 Å². The molecule has 3 aromatic rings. The summed E-state index contributed by atoms with van der Waals surface area (Å²) in [5.41, 5.74) is 7.81. The normalized spacial score (nSPS) is 17.3. The van der Waals surface area contributed by atoms with Crippen LogP contribution in [0.4, 0.5) is 0 Å². The van der Waals surface area contributed by atoms with Gasteiger partial charge in [-0.05, 0) is 64.4 Å². The largest absolute Gasteiger partial charge is 0.281 e. The maximum absolute atomic E-state index is 5.00. The third-order valence-corrected chi connectivity index (χ3v) is 5.26. The Balaban J connectivity index is 1.59. The molecule has 2 aromatic carbocycles. The predicted octanol–water partition coefficient (Wildman–Crippen LogP) is 6.05. The van der Waals surface area contributed by atoms with Crippen molar-refractivity contribution in [3.63, 3.8) is 0 Å². The second kappa shape index (κ2) is 6.13.